The lowest BCUT2D eigenvalue weighted by atomic mass is 10.2. The number of aryl methyl sites for hydroxylation is 1. The SMILES string of the molecule is Cn1cnc2cc3nc4ccccc4nc3cc21. The third kappa shape index (κ3) is 1.23. The Morgan fingerprint density at radius 2 is 1.50 bits per heavy atom. The molecule has 0 radical (unpaired) electrons. The number of imidazole rings is 1. The summed E-state index contributed by atoms with van der Waals surface area (Å²) in [6, 6.07) is 11.9. The van der Waals surface area contributed by atoms with E-state index in [2.05, 4.69) is 15.0 Å². The number of fused-ring (bicyclic) bond motifs is 3. The van der Waals surface area contributed by atoms with Crippen LogP contribution in [0.2, 0.25) is 0 Å². The molecule has 0 fully saturated rings. The monoisotopic (exact) mass is 234 g/mol. The van der Waals surface area contributed by atoms with Crippen molar-refractivity contribution >= 4 is 33.1 Å². The first kappa shape index (κ1) is 9.53. The molecule has 0 bridgehead atoms. The van der Waals surface area contributed by atoms with Gasteiger partial charge in [0.05, 0.1) is 39.4 Å². The largest absolute Gasteiger partial charge is 0.334 e. The van der Waals surface area contributed by atoms with E-state index in [-0.39, 0.29) is 0 Å². The maximum atomic E-state index is 4.64. The lowest BCUT2D eigenvalue weighted by molar-refractivity contribution is 0.948. The fourth-order valence-corrected chi connectivity index (χ4v) is 2.24. The molecule has 0 amide bonds. The van der Waals surface area contributed by atoms with Gasteiger partial charge in [0.25, 0.3) is 0 Å². The summed E-state index contributed by atoms with van der Waals surface area (Å²) in [5.74, 6) is 0. The smallest absolute Gasteiger partial charge is 0.0955 e. The fourth-order valence-electron chi connectivity index (χ4n) is 2.24. The molecule has 0 saturated heterocycles. The molecule has 2 aromatic carbocycles. The molecular weight excluding hydrogens is 224 g/mol. The highest BCUT2D eigenvalue weighted by atomic mass is 15.0. The van der Waals surface area contributed by atoms with E-state index in [0.29, 0.717) is 0 Å². The number of hydrogen-bond acceptors (Lipinski definition) is 3. The Labute approximate surface area is 103 Å². The summed E-state index contributed by atoms with van der Waals surface area (Å²) in [6.45, 7) is 0. The number of rotatable bonds is 0. The Bertz CT molecular complexity index is 892. The maximum Gasteiger partial charge on any atom is 0.0955 e. The van der Waals surface area contributed by atoms with Crippen LogP contribution in [0.15, 0.2) is 42.7 Å². The number of hydrogen-bond donors (Lipinski definition) is 0. The van der Waals surface area contributed by atoms with Crippen molar-refractivity contribution in [2.24, 2.45) is 7.05 Å². The number of aromatic nitrogens is 4. The van der Waals surface area contributed by atoms with Gasteiger partial charge in [-0.15, -0.1) is 0 Å². The van der Waals surface area contributed by atoms with Crippen molar-refractivity contribution in [3.8, 4) is 0 Å². The van der Waals surface area contributed by atoms with Gasteiger partial charge in [-0.2, -0.15) is 0 Å². The van der Waals surface area contributed by atoms with Crippen LogP contribution in [0, 0.1) is 0 Å². The highest BCUT2D eigenvalue weighted by Gasteiger charge is 2.05. The molecule has 0 atom stereocenters. The van der Waals surface area contributed by atoms with Crippen molar-refractivity contribution in [2.45, 2.75) is 0 Å². The van der Waals surface area contributed by atoms with Gasteiger partial charge in [-0.1, -0.05) is 12.1 Å². The van der Waals surface area contributed by atoms with Gasteiger partial charge in [0.2, 0.25) is 0 Å². The summed E-state index contributed by atoms with van der Waals surface area (Å²) in [5.41, 5.74) is 5.66. The van der Waals surface area contributed by atoms with Gasteiger partial charge in [-0.25, -0.2) is 15.0 Å². The van der Waals surface area contributed by atoms with E-state index in [0.717, 1.165) is 33.1 Å². The van der Waals surface area contributed by atoms with E-state index in [1.54, 1.807) is 0 Å². The first-order chi connectivity index (χ1) is 8.81. The van der Waals surface area contributed by atoms with Gasteiger partial charge < -0.3 is 4.57 Å². The van der Waals surface area contributed by atoms with Crippen LogP contribution in [0.3, 0.4) is 0 Å². The predicted molar refractivity (Wildman–Crippen MR) is 71.3 cm³/mol. The van der Waals surface area contributed by atoms with Crippen LogP contribution in [-0.4, -0.2) is 19.5 Å². The summed E-state index contributed by atoms with van der Waals surface area (Å²) < 4.78 is 1.99. The standard InChI is InChI=1S/C14H10N4/c1-18-8-15-13-6-11-12(7-14(13)18)17-10-5-3-2-4-9(10)16-11/h2-8H,1H3. The minimum absolute atomic E-state index is 0.889. The normalized spacial score (nSPS) is 11.6. The van der Waals surface area contributed by atoms with E-state index in [1.165, 1.54) is 0 Å². The fraction of sp³-hybridized carbons (Fsp3) is 0.0714. The molecular formula is C14H10N4. The minimum Gasteiger partial charge on any atom is -0.334 e. The second-order valence-corrected chi connectivity index (χ2v) is 4.40. The van der Waals surface area contributed by atoms with Crippen LogP contribution >= 0.6 is 0 Å². The first-order valence-electron chi connectivity index (χ1n) is 5.79. The van der Waals surface area contributed by atoms with Crippen LogP contribution in [0.1, 0.15) is 0 Å². The van der Waals surface area contributed by atoms with Crippen molar-refractivity contribution in [1.29, 1.82) is 0 Å². The molecule has 0 aliphatic rings. The van der Waals surface area contributed by atoms with Gasteiger partial charge in [0.1, 0.15) is 0 Å². The molecule has 18 heavy (non-hydrogen) atoms. The lowest BCUT2D eigenvalue weighted by Crippen LogP contribution is -1.89. The summed E-state index contributed by atoms with van der Waals surface area (Å²) in [7, 11) is 1.98. The molecule has 4 rings (SSSR count). The highest BCUT2D eigenvalue weighted by Crippen LogP contribution is 2.21. The molecule has 4 heteroatoms. The van der Waals surface area contributed by atoms with E-state index in [1.807, 2.05) is 54.3 Å². The predicted octanol–water partition coefficient (Wildman–Crippen LogP) is 2.67. The molecule has 2 aromatic heterocycles. The summed E-state index contributed by atoms with van der Waals surface area (Å²) in [4.78, 5) is 13.6. The summed E-state index contributed by atoms with van der Waals surface area (Å²) >= 11 is 0. The Balaban J connectivity index is 2.21. The second kappa shape index (κ2) is 3.26. The van der Waals surface area contributed by atoms with E-state index >= 15 is 0 Å². The van der Waals surface area contributed by atoms with Crippen LogP contribution in [0.4, 0.5) is 0 Å². The van der Waals surface area contributed by atoms with Crippen LogP contribution in [0.5, 0.6) is 0 Å². The van der Waals surface area contributed by atoms with Gasteiger partial charge >= 0.3 is 0 Å². The van der Waals surface area contributed by atoms with Crippen molar-refractivity contribution in [3.05, 3.63) is 42.7 Å². The van der Waals surface area contributed by atoms with Crippen molar-refractivity contribution in [3.63, 3.8) is 0 Å². The van der Waals surface area contributed by atoms with Crippen LogP contribution in [0.25, 0.3) is 33.1 Å². The third-order valence-corrected chi connectivity index (χ3v) is 3.19. The average Bonchev–Trinajstić information content (AvgIpc) is 2.75. The number of nitrogens with zero attached hydrogens (tertiary/aromatic N) is 4. The van der Waals surface area contributed by atoms with Crippen LogP contribution in [-0.2, 0) is 7.05 Å². The Morgan fingerprint density at radius 3 is 2.22 bits per heavy atom. The zero-order chi connectivity index (χ0) is 12.1. The topological polar surface area (TPSA) is 43.6 Å². The Hall–Kier alpha value is -2.49. The van der Waals surface area contributed by atoms with E-state index < -0.39 is 0 Å². The number of para-hydroxylation sites is 2. The maximum absolute atomic E-state index is 4.64. The first-order valence-corrected chi connectivity index (χ1v) is 5.79. The van der Waals surface area contributed by atoms with Gasteiger partial charge in [0.15, 0.2) is 0 Å². The Morgan fingerprint density at radius 1 is 0.833 bits per heavy atom. The molecule has 0 unspecified atom stereocenters. The van der Waals surface area contributed by atoms with Gasteiger partial charge in [-0.05, 0) is 24.3 Å². The molecule has 0 spiro atoms. The minimum atomic E-state index is 0.889. The molecule has 0 saturated carbocycles. The molecule has 0 N–H and O–H groups in total. The van der Waals surface area contributed by atoms with Gasteiger partial charge in [-0.3, -0.25) is 0 Å². The van der Waals surface area contributed by atoms with Crippen molar-refractivity contribution in [2.75, 3.05) is 0 Å². The zero-order valence-electron chi connectivity index (χ0n) is 9.83. The zero-order valence-corrected chi connectivity index (χ0v) is 9.83. The quantitative estimate of drug-likeness (QED) is 0.439. The second-order valence-electron chi connectivity index (χ2n) is 4.40. The van der Waals surface area contributed by atoms with Gasteiger partial charge in [0, 0.05) is 7.05 Å². The number of benzene rings is 2. The average molecular weight is 234 g/mol. The van der Waals surface area contributed by atoms with Crippen molar-refractivity contribution in [1.82, 2.24) is 19.5 Å². The lowest BCUT2D eigenvalue weighted by Gasteiger charge is -2.01. The molecule has 2 heterocycles. The molecule has 4 nitrogen and oxygen atoms in total. The van der Waals surface area contributed by atoms with E-state index in [4.69, 9.17) is 0 Å². The summed E-state index contributed by atoms with van der Waals surface area (Å²) in [5, 5.41) is 0. The highest BCUT2D eigenvalue weighted by molar-refractivity contribution is 5.94. The molecule has 0 aliphatic heterocycles. The molecule has 4 aromatic rings. The third-order valence-electron chi connectivity index (χ3n) is 3.19. The molecule has 86 valence electrons. The Kier molecular flexibility index (Phi) is 1.73. The van der Waals surface area contributed by atoms with E-state index in [9.17, 15) is 0 Å². The van der Waals surface area contributed by atoms with Crippen molar-refractivity contribution < 1.29 is 0 Å². The van der Waals surface area contributed by atoms with Crippen LogP contribution < -0.4 is 0 Å². The summed E-state index contributed by atoms with van der Waals surface area (Å²) in [6.07, 6.45) is 1.81. The molecule has 0 aliphatic carbocycles.